The lowest BCUT2D eigenvalue weighted by Crippen LogP contribution is -2.61. The second kappa shape index (κ2) is 22.4. The van der Waals surface area contributed by atoms with Crippen LogP contribution in [0.4, 0.5) is 170 Å². The van der Waals surface area contributed by atoms with Crippen LogP contribution >= 0.6 is 0 Å². The van der Waals surface area contributed by atoms with E-state index in [0.29, 0.717) is 9.80 Å². The Hall–Kier alpha value is -5.70. The van der Waals surface area contributed by atoms with Gasteiger partial charge in [-0.15, -0.1) is 9.97 Å². The lowest BCUT2D eigenvalue weighted by atomic mass is 10.0. The maximum absolute atomic E-state index is 14.2. The summed E-state index contributed by atoms with van der Waals surface area (Å²) in [7, 11) is 0. The minimum absolute atomic E-state index is 0.616. The van der Waals surface area contributed by atoms with Gasteiger partial charge in [0.2, 0.25) is 11.9 Å². The van der Waals surface area contributed by atoms with E-state index in [2.05, 4.69) is 48.9 Å². The normalized spacial score (nSPS) is 16.2. The third-order valence-corrected chi connectivity index (χ3v) is 10.4. The van der Waals surface area contributed by atoms with Gasteiger partial charge in [0.25, 0.3) is 0 Å². The predicted octanol–water partition coefficient (Wildman–Crippen LogP) is 12.3. The van der Waals surface area contributed by atoms with Crippen molar-refractivity contribution < 1.29 is 177 Å². The Kier molecular flexibility index (Phi) is 19.3. The smallest absolute Gasteiger partial charge is 0.460 e. The van der Waals surface area contributed by atoms with Gasteiger partial charge in [-0.25, -0.2) is 0 Å². The SMILES string of the molecule is FC(F)(F)C(F)(F)C(F)(F)C(F)(F)CCOc1nc(OCCC(F)(F)C(F)(F)C(F)(F)C(F)(F)F)nc(N2CCN(c3nc(OCCC(F)(F)C(F)(F)C(F)(F)C(F)(F)F)nc(OCCC(F)(F)C(F)(F)C(F)(F)C(F)(F)F)n3)CC2)n1. The summed E-state index contributed by atoms with van der Waals surface area (Å²) < 4.78 is 499. The maximum Gasteiger partial charge on any atom is 0.460 e. The first-order chi connectivity index (χ1) is 36.2. The summed E-state index contributed by atoms with van der Waals surface area (Å²) in [5.74, 6) is -87.2. The van der Waals surface area contributed by atoms with Crippen LogP contribution in [-0.4, -0.2) is 178 Å². The monoisotopic (exact) mass is 1290 g/mol. The number of hydrogen-bond donors (Lipinski definition) is 0. The van der Waals surface area contributed by atoms with Gasteiger partial charge in [-0.2, -0.15) is 178 Å². The fourth-order valence-electron chi connectivity index (χ4n) is 5.64. The van der Waals surface area contributed by atoms with E-state index in [-0.39, 0.29) is 0 Å². The summed E-state index contributed by atoms with van der Waals surface area (Å²) in [5.41, 5.74) is 0. The molecule has 1 aliphatic heterocycles. The molecule has 0 saturated carbocycles. The Morgan fingerprint density at radius 2 is 0.402 bits per heavy atom. The maximum atomic E-state index is 14.2. The first-order valence-corrected chi connectivity index (χ1v) is 20.6. The van der Waals surface area contributed by atoms with E-state index in [0.717, 1.165) is 0 Å². The van der Waals surface area contributed by atoms with Crippen molar-refractivity contribution in [2.45, 2.75) is 121 Å². The Morgan fingerprint density at radius 3 is 0.549 bits per heavy atom. The summed E-state index contributed by atoms with van der Waals surface area (Å²) in [4.78, 5) is 20.4. The number of aromatic nitrogens is 6. The Bertz CT molecular complexity index is 2160. The number of ether oxygens (including phenoxy) is 4. The molecule has 0 N–H and O–H groups in total. The molecule has 1 saturated heterocycles. The lowest BCUT2D eigenvalue weighted by molar-refractivity contribution is -0.397. The van der Waals surface area contributed by atoms with Gasteiger partial charge in [-0.1, -0.05) is 0 Å². The Labute approximate surface area is 427 Å². The first kappa shape index (κ1) is 70.6. The Balaban J connectivity index is 2.02. The summed E-state index contributed by atoms with van der Waals surface area (Å²) in [6.45, 7) is -12.4. The van der Waals surface area contributed by atoms with Gasteiger partial charge in [0.05, 0.1) is 52.1 Å². The molecule has 82 heavy (non-hydrogen) atoms. The van der Waals surface area contributed by atoms with Gasteiger partial charge in [0, 0.05) is 26.2 Å². The highest BCUT2D eigenvalue weighted by Gasteiger charge is 2.84. The van der Waals surface area contributed by atoms with Crippen LogP contribution in [0.15, 0.2) is 0 Å². The molecular formula is C34H24F36N8O4. The van der Waals surface area contributed by atoms with E-state index in [1.165, 1.54) is 0 Å². The first-order valence-electron chi connectivity index (χ1n) is 20.6. The van der Waals surface area contributed by atoms with Crippen molar-refractivity contribution in [1.29, 1.82) is 0 Å². The van der Waals surface area contributed by atoms with E-state index in [1.807, 2.05) is 0 Å². The zero-order valence-corrected chi connectivity index (χ0v) is 38.3. The van der Waals surface area contributed by atoms with Gasteiger partial charge in [0.1, 0.15) is 0 Å². The molecule has 0 atom stereocenters. The van der Waals surface area contributed by atoms with E-state index in [4.69, 9.17) is 0 Å². The molecule has 0 radical (unpaired) electrons. The van der Waals surface area contributed by atoms with Crippen LogP contribution in [-0.2, 0) is 0 Å². The topological polar surface area (TPSA) is 121 Å². The van der Waals surface area contributed by atoms with Crippen molar-refractivity contribution in [3.05, 3.63) is 0 Å². The third kappa shape index (κ3) is 13.4. The minimum Gasteiger partial charge on any atom is -0.463 e. The van der Waals surface area contributed by atoms with Crippen molar-refractivity contribution in [3.63, 3.8) is 0 Å². The van der Waals surface area contributed by atoms with Gasteiger partial charge in [0.15, 0.2) is 0 Å². The molecule has 3 heterocycles. The molecule has 12 nitrogen and oxygen atoms in total. The molecule has 0 spiro atoms. The number of piperazine rings is 1. The number of alkyl halides is 36. The van der Waals surface area contributed by atoms with E-state index in [1.54, 1.807) is 0 Å². The fraction of sp³-hybridized carbons (Fsp3) is 0.824. The van der Waals surface area contributed by atoms with Crippen LogP contribution in [0.1, 0.15) is 25.7 Å². The van der Waals surface area contributed by atoms with Gasteiger partial charge >= 0.3 is 120 Å². The van der Waals surface area contributed by atoms with Crippen molar-refractivity contribution in [2.75, 3.05) is 62.4 Å². The highest BCUT2D eigenvalue weighted by molar-refractivity contribution is 5.39. The summed E-state index contributed by atoms with van der Waals surface area (Å²) in [6, 6.07) is -6.83. The second-order valence-electron chi connectivity index (χ2n) is 16.2. The number of hydrogen-bond acceptors (Lipinski definition) is 12. The van der Waals surface area contributed by atoms with Gasteiger partial charge in [-0.05, 0) is 0 Å². The summed E-state index contributed by atoms with van der Waals surface area (Å²) in [5, 5.41) is 0. The molecule has 48 heteroatoms. The third-order valence-electron chi connectivity index (χ3n) is 10.4. The van der Waals surface area contributed by atoms with Crippen LogP contribution < -0.4 is 28.7 Å². The van der Waals surface area contributed by atoms with Crippen molar-refractivity contribution in [1.82, 2.24) is 29.9 Å². The standard InChI is InChI=1S/C34H24F36N8O4/c35-19(36,23(43,44)27(51,52)31(59,60)61)1-9-79-15-71-13(72-16(75-15)80-10-2-20(37,38)24(45,46)28(53,54)32(62,63)64)77-5-7-78(8-6-77)14-73-17(81-11-3-21(39,40)25(47,48)29(55,56)33(65,66)67)76-18(74-14)82-12-4-22(41,42)26(49,50)30(57,58)34(68,69)70/h1-12H2. The van der Waals surface area contributed by atoms with E-state index >= 15 is 0 Å². The zero-order valence-electron chi connectivity index (χ0n) is 38.3. The highest BCUT2D eigenvalue weighted by atomic mass is 19.5. The molecule has 1 fully saturated rings. The molecule has 0 amide bonds. The van der Waals surface area contributed by atoms with Crippen molar-refractivity contribution in [3.8, 4) is 24.0 Å². The van der Waals surface area contributed by atoms with Gasteiger partial charge < -0.3 is 28.7 Å². The molecule has 2 aromatic rings. The zero-order chi connectivity index (χ0) is 64.2. The van der Waals surface area contributed by atoms with Crippen LogP contribution in [0.3, 0.4) is 0 Å². The molecule has 0 bridgehead atoms. The predicted molar refractivity (Wildman–Crippen MR) is 188 cm³/mol. The quantitative estimate of drug-likeness (QED) is 0.0834. The van der Waals surface area contributed by atoms with Crippen LogP contribution in [0.2, 0.25) is 0 Å². The van der Waals surface area contributed by atoms with Crippen molar-refractivity contribution in [2.24, 2.45) is 0 Å². The van der Waals surface area contributed by atoms with Crippen LogP contribution in [0.5, 0.6) is 24.0 Å². The highest BCUT2D eigenvalue weighted by Crippen LogP contribution is 2.58. The number of rotatable bonds is 26. The molecule has 1 aliphatic rings. The fourth-order valence-corrected chi connectivity index (χ4v) is 5.64. The van der Waals surface area contributed by atoms with E-state index < -0.39 is 210 Å². The average Bonchev–Trinajstić information content (AvgIpc) is 3.29. The average molecular weight is 1290 g/mol. The second-order valence-corrected chi connectivity index (χ2v) is 16.2. The Morgan fingerprint density at radius 1 is 0.244 bits per heavy atom. The molecule has 3 rings (SSSR count). The summed E-state index contributed by atoms with van der Waals surface area (Å²) >= 11 is 0. The molecule has 0 unspecified atom stereocenters. The number of halogens is 36. The van der Waals surface area contributed by atoms with Crippen LogP contribution in [0.25, 0.3) is 0 Å². The molecule has 0 aliphatic carbocycles. The number of anilines is 2. The molecule has 0 aromatic carbocycles. The van der Waals surface area contributed by atoms with Gasteiger partial charge in [-0.3, -0.25) is 0 Å². The molecule has 2 aromatic heterocycles. The lowest BCUT2D eigenvalue weighted by Gasteiger charge is -2.35. The molecular weight excluding hydrogens is 1270 g/mol. The largest absolute Gasteiger partial charge is 0.463 e. The number of nitrogens with zero attached hydrogens (tertiary/aromatic N) is 8. The molecule has 476 valence electrons. The van der Waals surface area contributed by atoms with Crippen molar-refractivity contribution >= 4 is 11.9 Å². The van der Waals surface area contributed by atoms with Crippen LogP contribution in [0, 0.1) is 0 Å². The summed E-state index contributed by atoms with van der Waals surface area (Å²) in [6.07, 6.45) is -40.9. The van der Waals surface area contributed by atoms with E-state index in [9.17, 15) is 158 Å². The minimum atomic E-state index is -7.48.